The first-order chi connectivity index (χ1) is 14.8. The highest BCUT2D eigenvalue weighted by Crippen LogP contribution is 2.25. The van der Waals surface area contributed by atoms with Gasteiger partial charge in [-0.05, 0) is 69.3 Å². The summed E-state index contributed by atoms with van der Waals surface area (Å²) < 4.78 is 33.2. The first-order valence-corrected chi connectivity index (χ1v) is 11.5. The normalized spacial score (nSPS) is 11.2. The number of ether oxygens (including phenoxy) is 1. The van der Waals surface area contributed by atoms with Crippen molar-refractivity contribution in [2.24, 2.45) is 0 Å². The predicted molar refractivity (Wildman–Crippen MR) is 123 cm³/mol. The lowest BCUT2D eigenvalue weighted by atomic mass is 10.1. The van der Waals surface area contributed by atoms with Gasteiger partial charge >= 0.3 is 0 Å². The molecule has 3 aromatic carbocycles. The molecule has 0 saturated heterocycles. The van der Waals surface area contributed by atoms with Gasteiger partial charge in [-0.2, -0.15) is 0 Å². The SMILES string of the molecule is CCN(c1ccccc1)S(=O)(=O)c1ccc(NC(=O)c2ccccc2OC(C)C)cc1. The second-order valence-electron chi connectivity index (χ2n) is 7.15. The van der Waals surface area contributed by atoms with E-state index < -0.39 is 10.0 Å². The third-order valence-corrected chi connectivity index (χ3v) is 6.44. The molecule has 31 heavy (non-hydrogen) atoms. The van der Waals surface area contributed by atoms with Gasteiger partial charge < -0.3 is 10.1 Å². The van der Waals surface area contributed by atoms with E-state index in [2.05, 4.69) is 5.32 Å². The van der Waals surface area contributed by atoms with Crippen molar-refractivity contribution in [3.63, 3.8) is 0 Å². The van der Waals surface area contributed by atoms with Crippen LogP contribution in [0.2, 0.25) is 0 Å². The molecule has 0 aliphatic carbocycles. The van der Waals surface area contributed by atoms with Crippen LogP contribution in [0.3, 0.4) is 0 Å². The summed E-state index contributed by atoms with van der Waals surface area (Å²) in [5, 5.41) is 2.80. The lowest BCUT2D eigenvalue weighted by Crippen LogP contribution is -2.30. The molecule has 0 aliphatic heterocycles. The summed E-state index contributed by atoms with van der Waals surface area (Å²) in [6.45, 7) is 5.87. The summed E-state index contributed by atoms with van der Waals surface area (Å²) in [6, 6.07) is 22.1. The van der Waals surface area contributed by atoms with Gasteiger partial charge in [0, 0.05) is 12.2 Å². The Kier molecular flexibility index (Phi) is 6.97. The second-order valence-corrected chi connectivity index (χ2v) is 9.01. The number of sulfonamides is 1. The van der Waals surface area contributed by atoms with Gasteiger partial charge in [-0.25, -0.2) is 8.42 Å². The summed E-state index contributed by atoms with van der Waals surface area (Å²) in [6.07, 6.45) is -0.0652. The Morgan fingerprint density at radius 1 is 0.935 bits per heavy atom. The third-order valence-electron chi connectivity index (χ3n) is 4.53. The van der Waals surface area contributed by atoms with Crippen LogP contribution in [-0.2, 0) is 10.0 Å². The average Bonchev–Trinajstić information content (AvgIpc) is 2.75. The molecule has 0 fully saturated rings. The Balaban J connectivity index is 1.80. The van der Waals surface area contributed by atoms with E-state index in [-0.39, 0.29) is 16.9 Å². The molecule has 0 spiro atoms. The van der Waals surface area contributed by atoms with E-state index in [0.29, 0.717) is 29.2 Å². The van der Waals surface area contributed by atoms with Crippen LogP contribution >= 0.6 is 0 Å². The third kappa shape index (κ3) is 5.24. The van der Waals surface area contributed by atoms with Gasteiger partial charge in [-0.15, -0.1) is 0 Å². The largest absolute Gasteiger partial charge is 0.490 e. The number of benzene rings is 3. The van der Waals surface area contributed by atoms with E-state index >= 15 is 0 Å². The molecule has 6 nitrogen and oxygen atoms in total. The van der Waals surface area contributed by atoms with Gasteiger partial charge in [0.15, 0.2) is 0 Å². The minimum Gasteiger partial charge on any atom is -0.490 e. The maximum absolute atomic E-state index is 13.1. The van der Waals surface area contributed by atoms with Crippen LogP contribution in [0.4, 0.5) is 11.4 Å². The molecule has 1 amide bonds. The number of anilines is 2. The minimum absolute atomic E-state index is 0.0652. The fraction of sp³-hybridized carbons (Fsp3) is 0.208. The predicted octanol–water partition coefficient (Wildman–Crippen LogP) is 4.94. The lowest BCUT2D eigenvalue weighted by Gasteiger charge is -2.23. The molecule has 0 aliphatic rings. The van der Waals surface area contributed by atoms with E-state index in [1.165, 1.54) is 16.4 Å². The summed E-state index contributed by atoms with van der Waals surface area (Å²) in [5.41, 5.74) is 1.50. The highest BCUT2D eigenvalue weighted by Gasteiger charge is 2.23. The van der Waals surface area contributed by atoms with Gasteiger partial charge in [0.25, 0.3) is 15.9 Å². The van der Waals surface area contributed by atoms with E-state index in [4.69, 9.17) is 4.74 Å². The number of amides is 1. The maximum atomic E-state index is 13.1. The molecule has 0 heterocycles. The molecule has 0 bridgehead atoms. The quantitative estimate of drug-likeness (QED) is 0.540. The Labute approximate surface area is 183 Å². The zero-order chi connectivity index (χ0) is 22.4. The molecule has 0 unspecified atom stereocenters. The van der Waals surface area contributed by atoms with Crippen LogP contribution in [0.5, 0.6) is 5.75 Å². The van der Waals surface area contributed by atoms with Crippen molar-refractivity contribution in [2.45, 2.75) is 31.8 Å². The number of hydrogen-bond donors (Lipinski definition) is 1. The Morgan fingerprint density at radius 2 is 1.55 bits per heavy atom. The van der Waals surface area contributed by atoms with Crippen molar-refractivity contribution in [3.8, 4) is 5.75 Å². The number of hydrogen-bond acceptors (Lipinski definition) is 4. The maximum Gasteiger partial charge on any atom is 0.264 e. The van der Waals surface area contributed by atoms with Crippen molar-refractivity contribution >= 4 is 27.3 Å². The molecular weight excluding hydrogens is 412 g/mol. The van der Waals surface area contributed by atoms with Crippen LogP contribution in [0, 0.1) is 0 Å². The van der Waals surface area contributed by atoms with Crippen LogP contribution < -0.4 is 14.4 Å². The zero-order valence-electron chi connectivity index (χ0n) is 17.8. The second kappa shape index (κ2) is 9.66. The van der Waals surface area contributed by atoms with Crippen LogP contribution in [0.25, 0.3) is 0 Å². The van der Waals surface area contributed by atoms with E-state index in [1.54, 1.807) is 67.6 Å². The summed E-state index contributed by atoms with van der Waals surface area (Å²) >= 11 is 0. The summed E-state index contributed by atoms with van der Waals surface area (Å²) in [7, 11) is -3.72. The molecule has 0 saturated carbocycles. The number of carbonyl (C=O) groups is 1. The molecule has 7 heteroatoms. The van der Waals surface area contributed by atoms with Gasteiger partial charge in [-0.1, -0.05) is 30.3 Å². The molecule has 0 aromatic heterocycles. The fourth-order valence-electron chi connectivity index (χ4n) is 3.13. The van der Waals surface area contributed by atoms with E-state index in [0.717, 1.165) is 0 Å². The topological polar surface area (TPSA) is 75.7 Å². The van der Waals surface area contributed by atoms with Gasteiger partial charge in [0.05, 0.1) is 22.3 Å². The number of nitrogens with zero attached hydrogens (tertiary/aromatic N) is 1. The highest BCUT2D eigenvalue weighted by atomic mass is 32.2. The van der Waals surface area contributed by atoms with Crippen molar-refractivity contribution in [1.82, 2.24) is 0 Å². The minimum atomic E-state index is -3.72. The molecule has 3 aromatic rings. The van der Waals surface area contributed by atoms with Crippen LogP contribution in [0.15, 0.2) is 83.8 Å². The number of nitrogens with one attached hydrogen (secondary N) is 1. The Hall–Kier alpha value is -3.32. The number of carbonyl (C=O) groups excluding carboxylic acids is 1. The molecule has 162 valence electrons. The molecule has 0 radical (unpaired) electrons. The van der Waals surface area contributed by atoms with Gasteiger partial charge in [0.1, 0.15) is 5.75 Å². The smallest absolute Gasteiger partial charge is 0.264 e. The standard InChI is InChI=1S/C24H26N2O4S/c1-4-26(20-10-6-5-7-11-20)31(28,29)21-16-14-19(15-17-21)25-24(27)22-12-8-9-13-23(22)30-18(2)3/h5-18H,4H2,1-3H3,(H,25,27). The summed E-state index contributed by atoms with van der Waals surface area (Å²) in [4.78, 5) is 12.9. The average molecular weight is 439 g/mol. The first-order valence-electron chi connectivity index (χ1n) is 10.1. The lowest BCUT2D eigenvalue weighted by molar-refractivity contribution is 0.102. The number of rotatable bonds is 8. The van der Waals surface area contributed by atoms with Crippen molar-refractivity contribution in [1.29, 1.82) is 0 Å². The van der Waals surface area contributed by atoms with E-state index in [1.807, 2.05) is 19.9 Å². The van der Waals surface area contributed by atoms with Crippen LogP contribution in [0.1, 0.15) is 31.1 Å². The van der Waals surface area contributed by atoms with Gasteiger partial charge in [-0.3, -0.25) is 9.10 Å². The number of para-hydroxylation sites is 2. The first kappa shape index (κ1) is 22.4. The zero-order valence-corrected chi connectivity index (χ0v) is 18.6. The monoisotopic (exact) mass is 438 g/mol. The Morgan fingerprint density at radius 3 is 2.16 bits per heavy atom. The molecular formula is C24H26N2O4S. The Bertz CT molecular complexity index is 1130. The van der Waals surface area contributed by atoms with Crippen molar-refractivity contribution in [3.05, 3.63) is 84.4 Å². The van der Waals surface area contributed by atoms with Crippen molar-refractivity contribution < 1.29 is 17.9 Å². The van der Waals surface area contributed by atoms with E-state index in [9.17, 15) is 13.2 Å². The highest BCUT2D eigenvalue weighted by molar-refractivity contribution is 7.92. The molecule has 0 atom stereocenters. The fourth-order valence-corrected chi connectivity index (χ4v) is 4.61. The molecule has 1 N–H and O–H groups in total. The van der Waals surface area contributed by atoms with Gasteiger partial charge in [0.2, 0.25) is 0 Å². The molecule has 3 rings (SSSR count). The summed E-state index contributed by atoms with van der Waals surface area (Å²) in [5.74, 6) is 0.168. The van der Waals surface area contributed by atoms with Crippen LogP contribution in [-0.4, -0.2) is 27.0 Å². The van der Waals surface area contributed by atoms with Crippen molar-refractivity contribution in [2.75, 3.05) is 16.2 Å².